The van der Waals surface area contributed by atoms with E-state index in [1.165, 1.54) is 31.5 Å². The van der Waals surface area contributed by atoms with Crippen LogP contribution in [0.2, 0.25) is 0 Å². The van der Waals surface area contributed by atoms with E-state index in [2.05, 4.69) is 7.05 Å². The summed E-state index contributed by atoms with van der Waals surface area (Å²) in [5, 5.41) is 19.1. The number of carbonyl (C=O) groups excluding carboxylic acids is 1. The van der Waals surface area contributed by atoms with Crippen molar-refractivity contribution in [2.45, 2.75) is 62.0 Å². The lowest BCUT2D eigenvalue weighted by molar-refractivity contribution is -0.957. The summed E-state index contributed by atoms with van der Waals surface area (Å²) >= 11 is 0. The Morgan fingerprint density at radius 2 is 1.85 bits per heavy atom. The fourth-order valence-corrected chi connectivity index (χ4v) is 5.55. The Balaban J connectivity index is 1.27. The number of rotatable bonds is 6. The summed E-state index contributed by atoms with van der Waals surface area (Å²) in [6, 6.07) is 7.22. The first-order valence-corrected chi connectivity index (χ1v) is 10.1. The minimum atomic E-state index is -0.705. The molecule has 1 aromatic carbocycles. The van der Waals surface area contributed by atoms with Crippen LogP contribution in [-0.4, -0.2) is 71.3 Å². The predicted molar refractivity (Wildman–Crippen MR) is 97.1 cm³/mol. The second-order valence-corrected chi connectivity index (χ2v) is 9.03. The van der Waals surface area contributed by atoms with Crippen LogP contribution in [0.5, 0.6) is 5.75 Å². The number of aliphatic hydroxyl groups excluding tert-OH is 1. The molecule has 1 saturated carbocycles. The molecule has 4 aliphatic rings. The first-order valence-electron chi connectivity index (χ1n) is 10.1. The number of benzene rings is 1. The lowest BCUT2D eigenvalue weighted by atomic mass is 9.94. The second-order valence-electron chi connectivity index (χ2n) is 9.03. The van der Waals surface area contributed by atoms with Crippen LogP contribution in [0.25, 0.3) is 0 Å². The third kappa shape index (κ3) is 2.94. The van der Waals surface area contributed by atoms with Gasteiger partial charge in [-0.25, -0.2) is 0 Å². The van der Waals surface area contributed by atoms with Crippen molar-refractivity contribution in [2.75, 3.05) is 20.2 Å². The fourth-order valence-electron chi connectivity index (χ4n) is 5.55. The van der Waals surface area contributed by atoms with E-state index in [4.69, 9.17) is 9.47 Å². The van der Waals surface area contributed by atoms with Crippen molar-refractivity contribution in [3.05, 3.63) is 29.8 Å². The van der Waals surface area contributed by atoms with Crippen LogP contribution in [0.1, 0.15) is 37.2 Å². The van der Waals surface area contributed by atoms with E-state index in [0.717, 1.165) is 23.2 Å². The molecule has 6 nitrogen and oxygen atoms in total. The number of likely N-dealkylation sites (N-methyl/N-ethyl adjacent to an activating group) is 1. The quantitative estimate of drug-likeness (QED) is 0.449. The zero-order valence-corrected chi connectivity index (χ0v) is 15.7. The van der Waals surface area contributed by atoms with E-state index < -0.39 is 5.92 Å². The van der Waals surface area contributed by atoms with E-state index in [-0.39, 0.29) is 24.4 Å². The molecule has 0 spiro atoms. The van der Waals surface area contributed by atoms with Gasteiger partial charge in [0.1, 0.15) is 42.1 Å². The van der Waals surface area contributed by atoms with Gasteiger partial charge in [-0.3, -0.25) is 4.79 Å². The van der Waals surface area contributed by atoms with Gasteiger partial charge in [0, 0.05) is 18.8 Å². The Morgan fingerprint density at radius 3 is 2.41 bits per heavy atom. The molecular formula is C21H28NO5+. The molecule has 3 aliphatic heterocycles. The number of quaternary nitrogens is 1. The Bertz CT molecular complexity index is 713. The lowest BCUT2D eigenvalue weighted by Gasteiger charge is -2.48. The first-order chi connectivity index (χ1) is 13.0. The zero-order chi connectivity index (χ0) is 18.8. The molecule has 4 fully saturated rings. The number of ether oxygens (including phenoxy) is 2. The number of hydrogen-bond donors (Lipinski definition) is 2. The summed E-state index contributed by atoms with van der Waals surface area (Å²) in [6.45, 7) is 0.937. The number of hydrogen-bond acceptors (Lipinski definition) is 5. The first kappa shape index (κ1) is 17.5. The second kappa shape index (κ2) is 6.19. The van der Waals surface area contributed by atoms with Crippen molar-refractivity contribution < 1.29 is 29.0 Å². The minimum Gasteiger partial charge on any atom is -0.508 e. The van der Waals surface area contributed by atoms with Crippen LogP contribution in [0, 0.1) is 5.92 Å². The van der Waals surface area contributed by atoms with Gasteiger partial charge in [0.25, 0.3) is 0 Å². The molecule has 146 valence electrons. The van der Waals surface area contributed by atoms with Crippen LogP contribution in [0.4, 0.5) is 0 Å². The molecule has 0 amide bonds. The highest BCUT2D eigenvalue weighted by atomic mass is 16.6. The van der Waals surface area contributed by atoms with E-state index in [1.807, 2.05) is 0 Å². The molecule has 1 aromatic rings. The number of esters is 1. The van der Waals surface area contributed by atoms with Crippen LogP contribution < -0.4 is 0 Å². The molecule has 3 heterocycles. The minimum absolute atomic E-state index is 0.0968. The van der Waals surface area contributed by atoms with E-state index in [9.17, 15) is 15.0 Å². The molecule has 1 aliphatic carbocycles. The maximum atomic E-state index is 12.7. The molecule has 2 bridgehead atoms. The third-order valence-electron chi connectivity index (χ3n) is 7.24. The normalized spacial score (nSPS) is 40.3. The topological polar surface area (TPSA) is 79.3 Å². The Morgan fingerprint density at radius 1 is 1.22 bits per heavy atom. The van der Waals surface area contributed by atoms with Gasteiger partial charge in [0.2, 0.25) is 0 Å². The molecule has 0 aromatic heterocycles. The highest BCUT2D eigenvalue weighted by molar-refractivity contribution is 5.78. The van der Waals surface area contributed by atoms with Gasteiger partial charge in [-0.05, 0) is 30.5 Å². The number of fused-ring (bicyclic) bond motifs is 5. The third-order valence-corrected chi connectivity index (χ3v) is 7.24. The number of epoxide rings is 1. The molecule has 27 heavy (non-hydrogen) atoms. The standard InChI is InChI=1S/C21H27NO5/c1-22(10-12-2-3-12)17-8-15(9-18(22)20-19(17)27-20)26-21(25)16(11-23)13-4-6-14(24)7-5-13/h4-7,12,15-20,23H,2-3,8-11H2,1H3/p+1/t15?,16-,17-,18+,19-,20+,22?/m1/s1. The summed E-state index contributed by atoms with van der Waals surface area (Å²) in [5.74, 6) is -0.0757. The lowest BCUT2D eigenvalue weighted by Crippen LogP contribution is -2.63. The summed E-state index contributed by atoms with van der Waals surface area (Å²) in [5.41, 5.74) is 0.666. The summed E-state index contributed by atoms with van der Waals surface area (Å²) in [7, 11) is 2.37. The molecule has 2 unspecified atom stereocenters. The Labute approximate surface area is 159 Å². The van der Waals surface area contributed by atoms with Gasteiger partial charge in [0.05, 0.1) is 20.2 Å². The molecule has 3 saturated heterocycles. The molecule has 5 rings (SSSR count). The Kier molecular flexibility index (Phi) is 4.00. The van der Waals surface area contributed by atoms with E-state index in [0.29, 0.717) is 29.9 Å². The number of piperidine rings is 1. The van der Waals surface area contributed by atoms with Crippen molar-refractivity contribution in [1.29, 1.82) is 0 Å². The van der Waals surface area contributed by atoms with Crippen molar-refractivity contribution >= 4 is 5.97 Å². The van der Waals surface area contributed by atoms with Gasteiger partial charge >= 0.3 is 5.97 Å². The van der Waals surface area contributed by atoms with Crippen molar-refractivity contribution in [1.82, 2.24) is 0 Å². The summed E-state index contributed by atoms with van der Waals surface area (Å²) in [6.07, 6.45) is 4.99. The van der Waals surface area contributed by atoms with E-state index >= 15 is 0 Å². The zero-order valence-electron chi connectivity index (χ0n) is 15.7. The van der Waals surface area contributed by atoms with Crippen LogP contribution in [0.3, 0.4) is 0 Å². The van der Waals surface area contributed by atoms with Gasteiger partial charge in [-0.1, -0.05) is 12.1 Å². The average molecular weight is 374 g/mol. The van der Waals surface area contributed by atoms with Gasteiger partial charge < -0.3 is 24.2 Å². The highest BCUT2D eigenvalue weighted by Gasteiger charge is 2.72. The Hall–Kier alpha value is -1.63. The number of morpholine rings is 1. The van der Waals surface area contributed by atoms with Gasteiger partial charge in [-0.15, -0.1) is 0 Å². The molecule has 6 heteroatoms. The van der Waals surface area contributed by atoms with E-state index in [1.54, 1.807) is 12.1 Å². The number of nitrogens with zero attached hydrogens (tertiary/aromatic N) is 1. The SMILES string of the molecule is C[N+]1(CC2CC2)[C@@H]2CC(OC(=O)[C@H](CO)c3ccc(O)cc3)C[C@H]1[C@@H]1O[C@@H]12. The van der Waals surface area contributed by atoms with Gasteiger partial charge in [-0.2, -0.15) is 0 Å². The number of phenolic OH excluding ortho intramolecular Hbond substituents is 1. The van der Waals surface area contributed by atoms with Crippen molar-refractivity contribution in [3.8, 4) is 5.75 Å². The maximum absolute atomic E-state index is 12.7. The maximum Gasteiger partial charge on any atom is 0.316 e. The number of phenols is 1. The molecule has 2 N–H and O–H groups in total. The highest BCUT2D eigenvalue weighted by Crippen LogP contribution is 2.54. The average Bonchev–Trinajstić information content (AvgIpc) is 3.52. The van der Waals surface area contributed by atoms with Crippen LogP contribution in [-0.2, 0) is 14.3 Å². The molecule has 7 atom stereocenters. The summed E-state index contributed by atoms with van der Waals surface area (Å²) < 4.78 is 12.9. The summed E-state index contributed by atoms with van der Waals surface area (Å²) in [4.78, 5) is 12.7. The van der Waals surface area contributed by atoms with Crippen LogP contribution in [0.15, 0.2) is 24.3 Å². The monoisotopic (exact) mass is 374 g/mol. The fraction of sp³-hybridized carbons (Fsp3) is 0.667. The van der Waals surface area contributed by atoms with Crippen molar-refractivity contribution in [3.63, 3.8) is 0 Å². The smallest absolute Gasteiger partial charge is 0.316 e. The number of aliphatic hydroxyl groups is 1. The number of carbonyl (C=O) groups is 1. The van der Waals surface area contributed by atoms with Gasteiger partial charge in [0.15, 0.2) is 0 Å². The number of aromatic hydroxyl groups is 1. The largest absolute Gasteiger partial charge is 0.508 e. The molecule has 0 radical (unpaired) electrons. The van der Waals surface area contributed by atoms with Crippen LogP contribution >= 0.6 is 0 Å². The predicted octanol–water partition coefficient (Wildman–Crippen LogP) is 1.55. The molecular weight excluding hydrogens is 346 g/mol. The van der Waals surface area contributed by atoms with Crippen molar-refractivity contribution in [2.24, 2.45) is 5.92 Å².